The second-order valence-electron chi connectivity index (χ2n) is 2.26. The van der Waals surface area contributed by atoms with Crippen molar-refractivity contribution < 1.29 is 0 Å². The van der Waals surface area contributed by atoms with Gasteiger partial charge in [-0.2, -0.15) is 0 Å². The highest BCUT2D eigenvalue weighted by Crippen LogP contribution is 1.98. The summed E-state index contributed by atoms with van der Waals surface area (Å²) < 4.78 is 0. The van der Waals surface area contributed by atoms with Gasteiger partial charge in [0.2, 0.25) is 0 Å². The number of allylic oxidation sites excluding steroid dienone is 3. The summed E-state index contributed by atoms with van der Waals surface area (Å²) in [4.78, 5) is 2.16. The van der Waals surface area contributed by atoms with Crippen LogP contribution >= 0.6 is 0 Å². The quantitative estimate of drug-likeness (QED) is 0.561. The molecule has 1 heteroatoms. The Kier molecular flexibility index (Phi) is 2.81. The van der Waals surface area contributed by atoms with Gasteiger partial charge in [0.25, 0.3) is 0 Å². The third kappa shape index (κ3) is 2.09. The molecule has 0 spiro atoms. The van der Waals surface area contributed by atoms with Crippen LogP contribution in [-0.4, -0.2) is 11.4 Å². The second kappa shape index (κ2) is 3.94. The van der Waals surface area contributed by atoms with Crippen LogP contribution in [-0.2, 0) is 0 Å². The zero-order valence-corrected chi connectivity index (χ0v) is 6.33. The van der Waals surface area contributed by atoms with E-state index in [1.807, 2.05) is 6.08 Å². The molecule has 0 aromatic heterocycles. The Morgan fingerprint density at radius 2 is 2.40 bits per heavy atom. The molecule has 54 valence electrons. The van der Waals surface area contributed by atoms with Gasteiger partial charge < -0.3 is 4.90 Å². The smallest absolute Gasteiger partial charge is 0.0403 e. The highest BCUT2D eigenvalue weighted by atomic mass is 15.1. The zero-order chi connectivity index (χ0) is 7.23. The molecular weight excluding hydrogens is 122 g/mol. The van der Waals surface area contributed by atoms with Gasteiger partial charge in [-0.25, -0.2) is 0 Å². The van der Waals surface area contributed by atoms with Crippen molar-refractivity contribution in [3.63, 3.8) is 0 Å². The van der Waals surface area contributed by atoms with Crippen molar-refractivity contribution in [3.8, 4) is 0 Å². The maximum atomic E-state index is 2.16. The third-order valence-electron chi connectivity index (χ3n) is 1.37. The number of rotatable bonds is 2. The molecule has 0 radical (unpaired) electrons. The first kappa shape index (κ1) is 7.13. The van der Waals surface area contributed by atoms with E-state index in [1.165, 1.54) is 0 Å². The van der Waals surface area contributed by atoms with Crippen LogP contribution in [0, 0.1) is 0 Å². The molecule has 0 bridgehead atoms. The van der Waals surface area contributed by atoms with E-state index in [-0.39, 0.29) is 0 Å². The molecule has 10 heavy (non-hydrogen) atoms. The molecular formula is C9H13N. The minimum absolute atomic E-state index is 1.01. The fraction of sp³-hybridized carbons (Fsp3) is 0.333. The van der Waals surface area contributed by atoms with Gasteiger partial charge in [-0.1, -0.05) is 25.2 Å². The summed E-state index contributed by atoms with van der Waals surface area (Å²) in [5.41, 5.74) is 0. The van der Waals surface area contributed by atoms with E-state index in [2.05, 4.69) is 42.5 Å². The number of hydrogen-bond donors (Lipinski definition) is 0. The van der Waals surface area contributed by atoms with Crippen LogP contribution < -0.4 is 0 Å². The van der Waals surface area contributed by atoms with Crippen molar-refractivity contribution >= 4 is 0 Å². The van der Waals surface area contributed by atoms with E-state index >= 15 is 0 Å². The van der Waals surface area contributed by atoms with Gasteiger partial charge in [-0.3, -0.25) is 0 Å². The van der Waals surface area contributed by atoms with Crippen LogP contribution in [0.3, 0.4) is 0 Å². The molecule has 1 nitrogen and oxygen atoms in total. The minimum Gasteiger partial charge on any atom is -0.351 e. The standard InChI is InChI=1S/C9H13N/c1-2-3-7-10-8-5-4-6-9-10/h3-8H,2,9H2,1H3. The fourth-order valence-electron chi connectivity index (χ4n) is 0.834. The first-order valence-electron chi connectivity index (χ1n) is 3.69. The number of hydrogen-bond acceptors (Lipinski definition) is 1. The maximum Gasteiger partial charge on any atom is 0.0403 e. The van der Waals surface area contributed by atoms with E-state index in [4.69, 9.17) is 0 Å². The lowest BCUT2D eigenvalue weighted by molar-refractivity contribution is 0.558. The summed E-state index contributed by atoms with van der Waals surface area (Å²) in [5.74, 6) is 0. The Balaban J connectivity index is 2.36. The van der Waals surface area contributed by atoms with E-state index < -0.39 is 0 Å². The first-order chi connectivity index (χ1) is 4.93. The molecule has 0 atom stereocenters. The molecule has 1 heterocycles. The molecule has 0 saturated heterocycles. The summed E-state index contributed by atoms with van der Waals surface area (Å²) in [5, 5.41) is 0. The Hall–Kier alpha value is -0.980. The minimum atomic E-state index is 1.01. The summed E-state index contributed by atoms with van der Waals surface area (Å²) in [6.07, 6.45) is 13.7. The average molecular weight is 135 g/mol. The highest BCUT2D eigenvalue weighted by molar-refractivity contribution is 5.10. The van der Waals surface area contributed by atoms with Gasteiger partial charge >= 0.3 is 0 Å². The summed E-state index contributed by atoms with van der Waals surface area (Å²) in [7, 11) is 0. The molecule has 0 unspecified atom stereocenters. The molecule has 1 aliphatic rings. The molecule has 1 rings (SSSR count). The van der Waals surface area contributed by atoms with E-state index in [9.17, 15) is 0 Å². The van der Waals surface area contributed by atoms with Crippen molar-refractivity contribution in [2.75, 3.05) is 6.54 Å². The van der Waals surface area contributed by atoms with Crippen LogP contribution in [0.1, 0.15) is 13.3 Å². The Morgan fingerprint density at radius 3 is 3.00 bits per heavy atom. The summed E-state index contributed by atoms with van der Waals surface area (Å²) in [6.45, 7) is 3.15. The van der Waals surface area contributed by atoms with E-state index in [0.717, 1.165) is 13.0 Å². The molecule has 0 aromatic carbocycles. The molecule has 0 saturated carbocycles. The van der Waals surface area contributed by atoms with Crippen molar-refractivity contribution in [2.24, 2.45) is 0 Å². The largest absolute Gasteiger partial charge is 0.351 e. The molecule has 0 amide bonds. The first-order valence-corrected chi connectivity index (χ1v) is 3.69. The van der Waals surface area contributed by atoms with Crippen LogP contribution in [0.4, 0.5) is 0 Å². The average Bonchev–Trinajstić information content (AvgIpc) is 2.03. The molecule has 1 aliphatic heterocycles. The van der Waals surface area contributed by atoms with Gasteiger partial charge in [0.05, 0.1) is 0 Å². The fourth-order valence-corrected chi connectivity index (χ4v) is 0.834. The van der Waals surface area contributed by atoms with Crippen LogP contribution in [0.25, 0.3) is 0 Å². The third-order valence-corrected chi connectivity index (χ3v) is 1.37. The monoisotopic (exact) mass is 135 g/mol. The van der Waals surface area contributed by atoms with Gasteiger partial charge in [0.15, 0.2) is 0 Å². The van der Waals surface area contributed by atoms with Gasteiger partial charge in [0.1, 0.15) is 0 Å². The second-order valence-corrected chi connectivity index (χ2v) is 2.26. The topological polar surface area (TPSA) is 3.24 Å². The molecule has 0 N–H and O–H groups in total. The lowest BCUT2D eigenvalue weighted by atomic mass is 10.3. The SMILES string of the molecule is CCC=CN1C=CC=CC1. The zero-order valence-electron chi connectivity index (χ0n) is 6.33. The number of nitrogens with zero attached hydrogens (tertiary/aromatic N) is 1. The van der Waals surface area contributed by atoms with Crippen LogP contribution in [0.15, 0.2) is 36.7 Å². The predicted molar refractivity (Wildman–Crippen MR) is 44.4 cm³/mol. The summed E-state index contributed by atoms with van der Waals surface area (Å²) in [6, 6.07) is 0. The lowest BCUT2D eigenvalue weighted by Crippen LogP contribution is -2.10. The highest BCUT2D eigenvalue weighted by Gasteiger charge is 1.90. The Labute approximate surface area is 62.3 Å². The van der Waals surface area contributed by atoms with Crippen molar-refractivity contribution in [3.05, 3.63) is 36.7 Å². The molecule has 0 fully saturated rings. The van der Waals surface area contributed by atoms with Gasteiger partial charge in [0, 0.05) is 12.7 Å². The normalized spacial score (nSPS) is 17.1. The summed E-state index contributed by atoms with van der Waals surface area (Å²) >= 11 is 0. The van der Waals surface area contributed by atoms with E-state index in [0.29, 0.717) is 0 Å². The van der Waals surface area contributed by atoms with E-state index in [1.54, 1.807) is 0 Å². The van der Waals surface area contributed by atoms with Crippen molar-refractivity contribution in [2.45, 2.75) is 13.3 Å². The Bertz CT molecular complexity index is 166. The molecule has 0 aromatic rings. The Morgan fingerprint density at radius 1 is 1.50 bits per heavy atom. The lowest BCUT2D eigenvalue weighted by Gasteiger charge is -2.14. The van der Waals surface area contributed by atoms with Crippen LogP contribution in [0.2, 0.25) is 0 Å². The molecule has 0 aliphatic carbocycles. The van der Waals surface area contributed by atoms with Gasteiger partial charge in [-0.05, 0) is 18.7 Å². The van der Waals surface area contributed by atoms with Crippen molar-refractivity contribution in [1.82, 2.24) is 4.90 Å². The van der Waals surface area contributed by atoms with Crippen LogP contribution in [0.5, 0.6) is 0 Å². The predicted octanol–water partition coefficient (Wildman–Crippen LogP) is 2.30. The maximum absolute atomic E-state index is 2.16. The van der Waals surface area contributed by atoms with Crippen molar-refractivity contribution in [1.29, 1.82) is 0 Å². The van der Waals surface area contributed by atoms with Gasteiger partial charge in [-0.15, -0.1) is 0 Å².